The number of aromatic nitrogens is 2. The molecular formula is C27H23F3N2O6S. The van der Waals surface area contributed by atoms with E-state index in [2.05, 4.69) is 4.98 Å². The van der Waals surface area contributed by atoms with Gasteiger partial charge in [-0.3, -0.25) is 4.79 Å². The fourth-order valence-corrected chi connectivity index (χ4v) is 4.79. The Labute approximate surface area is 221 Å². The number of hydrogen-bond acceptors (Lipinski definition) is 7. The monoisotopic (exact) mass is 560 g/mol. The van der Waals surface area contributed by atoms with E-state index >= 15 is 0 Å². The Morgan fingerprint density at radius 1 is 1.00 bits per heavy atom. The lowest BCUT2D eigenvalue weighted by Gasteiger charge is -2.16. The Morgan fingerprint density at radius 3 is 2.38 bits per heavy atom. The van der Waals surface area contributed by atoms with Crippen LogP contribution < -0.4 is 0 Å². The van der Waals surface area contributed by atoms with Crippen LogP contribution in [0, 0.1) is 6.92 Å². The van der Waals surface area contributed by atoms with Gasteiger partial charge in [-0.05, 0) is 54.4 Å². The molecule has 4 aromatic rings. The smallest absolute Gasteiger partial charge is 0.416 e. The van der Waals surface area contributed by atoms with Crippen molar-refractivity contribution in [3.63, 3.8) is 0 Å². The fraction of sp³-hybridized carbons (Fsp3) is 0.222. The number of nitrogens with zero attached hydrogens (tertiary/aromatic N) is 2. The highest BCUT2D eigenvalue weighted by Crippen LogP contribution is 2.35. The quantitative estimate of drug-likeness (QED) is 0.227. The largest absolute Gasteiger partial charge is 0.428 e. The first-order valence-corrected chi connectivity index (χ1v) is 13.5. The molecule has 0 spiro atoms. The van der Waals surface area contributed by atoms with Crippen LogP contribution in [-0.4, -0.2) is 43.0 Å². The molecule has 2 heterocycles. The molecule has 0 radical (unpaired) electrons. The molecule has 0 amide bonds. The number of fused-ring (bicyclic) bond motifs is 1. The summed E-state index contributed by atoms with van der Waals surface area (Å²) in [4.78, 5) is 28.4. The maximum Gasteiger partial charge on any atom is 0.416 e. The van der Waals surface area contributed by atoms with Crippen molar-refractivity contribution in [2.45, 2.75) is 31.0 Å². The van der Waals surface area contributed by atoms with Gasteiger partial charge in [-0.1, -0.05) is 24.3 Å². The summed E-state index contributed by atoms with van der Waals surface area (Å²) in [6, 6.07) is 14.3. The van der Waals surface area contributed by atoms with Crippen molar-refractivity contribution >= 4 is 32.8 Å². The number of pyridine rings is 1. The first-order chi connectivity index (χ1) is 18.4. The van der Waals surface area contributed by atoms with Gasteiger partial charge in [0.25, 0.3) is 0 Å². The van der Waals surface area contributed by atoms with Crippen LogP contribution in [0.5, 0.6) is 0 Å². The molecule has 204 valence electrons. The summed E-state index contributed by atoms with van der Waals surface area (Å²) in [5, 5.41) is 0.537. The van der Waals surface area contributed by atoms with Gasteiger partial charge in [0.05, 0.1) is 22.4 Å². The highest BCUT2D eigenvalue weighted by atomic mass is 32.2. The van der Waals surface area contributed by atoms with Gasteiger partial charge in [0, 0.05) is 30.1 Å². The number of esters is 2. The zero-order chi connectivity index (χ0) is 28.4. The lowest BCUT2D eigenvalue weighted by atomic mass is 10.1. The van der Waals surface area contributed by atoms with Gasteiger partial charge in [0.15, 0.2) is 9.84 Å². The summed E-state index contributed by atoms with van der Waals surface area (Å²) in [5.74, 6) is -1.38. The lowest BCUT2D eigenvalue weighted by molar-refractivity contribution is -0.151. The summed E-state index contributed by atoms with van der Waals surface area (Å²) in [5.41, 5.74) is 0.349. The molecule has 0 aliphatic carbocycles. The van der Waals surface area contributed by atoms with E-state index in [1.807, 2.05) is 0 Å². The number of carbonyl (C=O) groups is 2. The predicted octanol–water partition coefficient (Wildman–Crippen LogP) is 4.72. The second-order valence-corrected chi connectivity index (χ2v) is 10.7. The summed E-state index contributed by atoms with van der Waals surface area (Å²) in [6.45, 7) is 0.754. The van der Waals surface area contributed by atoms with Crippen LogP contribution in [0.3, 0.4) is 0 Å². The Balaban J connectivity index is 1.58. The number of halogens is 3. The summed E-state index contributed by atoms with van der Waals surface area (Å²) >= 11 is 0. The third-order valence-electron chi connectivity index (χ3n) is 6.09. The number of ether oxygens (including phenoxy) is 2. The molecule has 8 nitrogen and oxygen atoms in total. The van der Waals surface area contributed by atoms with Gasteiger partial charge in [-0.25, -0.2) is 18.2 Å². The van der Waals surface area contributed by atoms with E-state index in [0.717, 1.165) is 18.4 Å². The Kier molecular flexibility index (Phi) is 7.77. The van der Waals surface area contributed by atoms with Crippen molar-refractivity contribution in [3.05, 3.63) is 94.8 Å². The third-order valence-corrected chi connectivity index (χ3v) is 7.20. The van der Waals surface area contributed by atoms with Crippen molar-refractivity contribution in [2.24, 2.45) is 0 Å². The first-order valence-electron chi connectivity index (χ1n) is 11.6. The van der Waals surface area contributed by atoms with E-state index in [1.165, 1.54) is 10.8 Å². The summed E-state index contributed by atoms with van der Waals surface area (Å²) < 4.78 is 76.9. The summed E-state index contributed by atoms with van der Waals surface area (Å²) in [7, 11) is -3.86. The minimum absolute atomic E-state index is 0.164. The molecule has 0 atom stereocenters. The SMILES string of the molecule is Cc1c(CC(=O)OCOC(=O)c2ccccc2)c2cccnc2n1Cc1ccc(S(C)(=O)=O)cc1C(F)(F)F. The molecule has 0 aliphatic heterocycles. The van der Waals surface area contributed by atoms with Crippen molar-refractivity contribution in [1.82, 2.24) is 9.55 Å². The summed E-state index contributed by atoms with van der Waals surface area (Å²) in [6.07, 6.45) is -2.74. The van der Waals surface area contributed by atoms with E-state index < -0.39 is 45.2 Å². The van der Waals surface area contributed by atoms with Crippen molar-refractivity contribution in [1.29, 1.82) is 0 Å². The highest BCUT2D eigenvalue weighted by molar-refractivity contribution is 7.90. The minimum Gasteiger partial charge on any atom is -0.428 e. The number of carbonyl (C=O) groups excluding carboxylic acids is 2. The molecule has 2 aromatic carbocycles. The molecule has 0 aliphatic rings. The molecular weight excluding hydrogens is 537 g/mol. The van der Waals surface area contributed by atoms with Gasteiger partial charge in [-0.15, -0.1) is 0 Å². The number of rotatable bonds is 8. The van der Waals surface area contributed by atoms with Gasteiger partial charge in [0.2, 0.25) is 6.79 Å². The Morgan fingerprint density at radius 2 is 1.72 bits per heavy atom. The lowest BCUT2D eigenvalue weighted by Crippen LogP contribution is -2.15. The van der Waals surface area contributed by atoms with E-state index in [9.17, 15) is 31.2 Å². The van der Waals surface area contributed by atoms with Crippen molar-refractivity contribution < 1.29 is 40.7 Å². The molecule has 0 saturated heterocycles. The van der Waals surface area contributed by atoms with Crippen LogP contribution in [-0.2, 0) is 43.2 Å². The Bertz CT molecular complexity index is 1650. The second-order valence-electron chi connectivity index (χ2n) is 8.72. The molecule has 12 heteroatoms. The standard InChI is InChI=1S/C27H23F3N2O6S/c1-17-22(14-24(33)37-16-38-26(34)18-7-4-3-5-8-18)21-9-6-12-31-25(21)32(17)15-19-10-11-20(39(2,35)36)13-23(19)27(28,29)30/h3-13H,14-16H2,1-2H3. The van der Waals surface area contributed by atoms with Gasteiger partial charge in [0.1, 0.15) is 5.65 Å². The normalized spacial score (nSPS) is 11.9. The Hall–Kier alpha value is -4.19. The van der Waals surface area contributed by atoms with Crippen LogP contribution >= 0.6 is 0 Å². The van der Waals surface area contributed by atoms with Gasteiger partial charge in [-0.2, -0.15) is 13.2 Å². The maximum atomic E-state index is 13.9. The second kappa shape index (κ2) is 10.9. The number of benzene rings is 2. The third kappa shape index (κ3) is 6.28. The highest BCUT2D eigenvalue weighted by Gasteiger charge is 2.35. The number of hydrogen-bond donors (Lipinski definition) is 0. The van der Waals surface area contributed by atoms with Gasteiger partial charge < -0.3 is 14.0 Å². The number of sulfone groups is 1. The minimum atomic E-state index is -4.80. The van der Waals surface area contributed by atoms with E-state index in [-0.39, 0.29) is 18.5 Å². The average molecular weight is 561 g/mol. The van der Waals surface area contributed by atoms with Crippen molar-refractivity contribution in [2.75, 3.05) is 13.0 Å². The van der Waals surface area contributed by atoms with Crippen LogP contribution in [0.25, 0.3) is 11.0 Å². The van der Waals surface area contributed by atoms with Crippen molar-refractivity contribution in [3.8, 4) is 0 Å². The molecule has 0 fully saturated rings. The van der Waals surface area contributed by atoms with Gasteiger partial charge >= 0.3 is 18.1 Å². The molecule has 0 bridgehead atoms. The number of alkyl halides is 3. The first kappa shape index (κ1) is 27.8. The van der Waals surface area contributed by atoms with E-state index in [0.29, 0.717) is 33.9 Å². The van der Waals surface area contributed by atoms with Crippen LogP contribution in [0.1, 0.15) is 32.7 Å². The van der Waals surface area contributed by atoms with Crippen LogP contribution in [0.4, 0.5) is 13.2 Å². The van der Waals surface area contributed by atoms with Crippen LogP contribution in [0.15, 0.2) is 71.8 Å². The van der Waals surface area contributed by atoms with Crippen LogP contribution in [0.2, 0.25) is 0 Å². The fourth-order valence-electron chi connectivity index (χ4n) is 4.14. The zero-order valence-corrected chi connectivity index (χ0v) is 21.7. The molecule has 0 unspecified atom stereocenters. The maximum absolute atomic E-state index is 13.9. The van der Waals surface area contributed by atoms with E-state index in [1.54, 1.807) is 49.4 Å². The average Bonchev–Trinajstić information content (AvgIpc) is 3.14. The molecule has 0 saturated carbocycles. The molecule has 2 aromatic heterocycles. The molecule has 0 N–H and O–H groups in total. The molecule has 39 heavy (non-hydrogen) atoms. The van der Waals surface area contributed by atoms with E-state index in [4.69, 9.17) is 9.47 Å². The predicted molar refractivity (Wildman–Crippen MR) is 135 cm³/mol. The topological polar surface area (TPSA) is 105 Å². The zero-order valence-electron chi connectivity index (χ0n) is 20.9. The molecule has 4 rings (SSSR count).